The van der Waals surface area contributed by atoms with Crippen LogP contribution < -0.4 is 10.2 Å². The van der Waals surface area contributed by atoms with Crippen molar-refractivity contribution in [1.82, 2.24) is 0 Å². The zero-order valence-electron chi connectivity index (χ0n) is 13.0. The topological polar surface area (TPSA) is 82.4 Å². The number of carbonyl (C=O) groups excluding carboxylic acids is 2. The van der Waals surface area contributed by atoms with Crippen LogP contribution in [0.4, 0.5) is 11.4 Å². The molecule has 6 heteroatoms. The lowest BCUT2D eigenvalue weighted by atomic mass is 10.2. The Morgan fingerprint density at radius 1 is 1.36 bits per heavy atom. The van der Waals surface area contributed by atoms with Crippen molar-refractivity contribution in [1.29, 1.82) is 5.26 Å². The first kappa shape index (κ1) is 17.5. The standard InChI is InChI=1S/C16H21N3O3/c1-3-16(21)18-14-6-4-7-15(12-14)19(9-5-8-17)10-11-22-13(2)20/h4,6-7,12H,3,5,9-11H2,1-2H3,(H,18,21). The minimum atomic E-state index is -0.329. The predicted octanol–water partition coefficient (Wildman–Crippen LogP) is 2.32. The van der Waals surface area contributed by atoms with E-state index in [1.54, 1.807) is 6.92 Å². The van der Waals surface area contributed by atoms with Crippen molar-refractivity contribution in [2.75, 3.05) is 29.9 Å². The van der Waals surface area contributed by atoms with E-state index in [4.69, 9.17) is 10.00 Å². The molecular formula is C16H21N3O3. The van der Waals surface area contributed by atoms with Crippen molar-refractivity contribution in [3.8, 4) is 6.07 Å². The third kappa shape index (κ3) is 6.27. The monoisotopic (exact) mass is 303 g/mol. The lowest BCUT2D eigenvalue weighted by Crippen LogP contribution is -2.29. The maximum Gasteiger partial charge on any atom is 0.302 e. The molecule has 1 aromatic rings. The molecule has 118 valence electrons. The van der Waals surface area contributed by atoms with Crippen LogP contribution in [0, 0.1) is 11.3 Å². The Labute approximate surface area is 130 Å². The average molecular weight is 303 g/mol. The summed E-state index contributed by atoms with van der Waals surface area (Å²) in [4.78, 5) is 24.3. The molecule has 0 aliphatic carbocycles. The van der Waals surface area contributed by atoms with Gasteiger partial charge in [0.1, 0.15) is 6.61 Å². The minimum absolute atomic E-state index is 0.0550. The molecule has 1 amide bonds. The van der Waals surface area contributed by atoms with Crippen LogP contribution >= 0.6 is 0 Å². The van der Waals surface area contributed by atoms with Crippen molar-refractivity contribution >= 4 is 23.3 Å². The molecule has 0 aliphatic rings. The van der Waals surface area contributed by atoms with Crippen LogP contribution in [0.5, 0.6) is 0 Å². The van der Waals surface area contributed by atoms with Gasteiger partial charge in [-0.2, -0.15) is 5.26 Å². The lowest BCUT2D eigenvalue weighted by Gasteiger charge is -2.24. The number of nitrogens with one attached hydrogen (secondary N) is 1. The summed E-state index contributed by atoms with van der Waals surface area (Å²) in [6, 6.07) is 9.50. The van der Waals surface area contributed by atoms with E-state index < -0.39 is 0 Å². The first-order valence-corrected chi connectivity index (χ1v) is 7.22. The van der Waals surface area contributed by atoms with Crippen molar-refractivity contribution in [3.05, 3.63) is 24.3 Å². The number of hydrogen-bond acceptors (Lipinski definition) is 5. The summed E-state index contributed by atoms with van der Waals surface area (Å²) < 4.78 is 4.95. The quantitative estimate of drug-likeness (QED) is 0.745. The summed E-state index contributed by atoms with van der Waals surface area (Å²) in [5, 5.41) is 11.6. The van der Waals surface area contributed by atoms with Gasteiger partial charge in [-0.05, 0) is 18.2 Å². The Balaban J connectivity index is 2.79. The van der Waals surface area contributed by atoms with Gasteiger partial charge in [-0.15, -0.1) is 0 Å². The number of ether oxygens (including phenoxy) is 1. The fourth-order valence-electron chi connectivity index (χ4n) is 1.88. The zero-order chi connectivity index (χ0) is 16.4. The second-order valence-corrected chi connectivity index (χ2v) is 4.69. The SMILES string of the molecule is CCC(=O)Nc1cccc(N(CCC#N)CCOC(C)=O)c1. The van der Waals surface area contributed by atoms with Crippen molar-refractivity contribution in [2.24, 2.45) is 0 Å². The largest absolute Gasteiger partial charge is 0.464 e. The van der Waals surface area contributed by atoms with Crippen LogP contribution in [0.15, 0.2) is 24.3 Å². The normalized spacial score (nSPS) is 9.68. The molecule has 0 aromatic heterocycles. The Morgan fingerprint density at radius 3 is 2.77 bits per heavy atom. The van der Waals surface area contributed by atoms with E-state index in [1.807, 2.05) is 29.2 Å². The number of nitrogens with zero attached hydrogens (tertiary/aromatic N) is 2. The number of amides is 1. The number of carbonyl (C=O) groups is 2. The highest BCUT2D eigenvalue weighted by molar-refractivity contribution is 5.91. The maximum atomic E-state index is 11.5. The maximum absolute atomic E-state index is 11.5. The van der Waals surface area contributed by atoms with Gasteiger partial charge in [-0.1, -0.05) is 13.0 Å². The molecule has 0 atom stereocenters. The molecule has 1 rings (SSSR count). The first-order valence-electron chi connectivity index (χ1n) is 7.22. The number of hydrogen-bond donors (Lipinski definition) is 1. The molecule has 0 fully saturated rings. The highest BCUT2D eigenvalue weighted by atomic mass is 16.5. The number of rotatable bonds is 8. The van der Waals surface area contributed by atoms with E-state index in [0.717, 1.165) is 5.69 Å². The number of benzene rings is 1. The summed E-state index contributed by atoms with van der Waals surface area (Å²) in [6.07, 6.45) is 0.778. The summed E-state index contributed by atoms with van der Waals surface area (Å²) in [5.41, 5.74) is 1.58. The summed E-state index contributed by atoms with van der Waals surface area (Å²) in [7, 11) is 0. The fraction of sp³-hybridized carbons (Fsp3) is 0.438. The van der Waals surface area contributed by atoms with Gasteiger partial charge in [-0.25, -0.2) is 0 Å². The van der Waals surface area contributed by atoms with Crippen LogP contribution in [-0.2, 0) is 14.3 Å². The van der Waals surface area contributed by atoms with E-state index in [1.165, 1.54) is 6.92 Å². The molecule has 22 heavy (non-hydrogen) atoms. The second-order valence-electron chi connectivity index (χ2n) is 4.69. The van der Waals surface area contributed by atoms with Crippen LogP contribution in [0.25, 0.3) is 0 Å². The third-order valence-electron chi connectivity index (χ3n) is 2.98. The zero-order valence-corrected chi connectivity index (χ0v) is 13.0. The van der Waals surface area contributed by atoms with Gasteiger partial charge >= 0.3 is 5.97 Å². The molecular weight excluding hydrogens is 282 g/mol. The number of anilines is 2. The van der Waals surface area contributed by atoms with Gasteiger partial charge in [-0.3, -0.25) is 9.59 Å². The molecule has 1 N–H and O–H groups in total. The number of esters is 1. The second kappa shape index (κ2) is 9.40. The Kier molecular flexibility index (Phi) is 7.48. The van der Waals surface area contributed by atoms with Gasteiger partial charge in [0, 0.05) is 31.3 Å². The van der Waals surface area contributed by atoms with Crippen LogP contribution in [0.3, 0.4) is 0 Å². The van der Waals surface area contributed by atoms with Crippen LogP contribution in [-0.4, -0.2) is 31.6 Å². The van der Waals surface area contributed by atoms with Crippen molar-refractivity contribution in [3.63, 3.8) is 0 Å². The van der Waals surface area contributed by atoms with Gasteiger partial charge in [0.05, 0.1) is 19.0 Å². The summed E-state index contributed by atoms with van der Waals surface area (Å²) in [5.74, 6) is -0.384. The Morgan fingerprint density at radius 2 is 2.14 bits per heavy atom. The van der Waals surface area contributed by atoms with E-state index in [9.17, 15) is 9.59 Å². The molecule has 0 radical (unpaired) electrons. The molecule has 0 saturated carbocycles. The molecule has 0 unspecified atom stereocenters. The van der Waals surface area contributed by atoms with Gasteiger partial charge < -0.3 is 15.0 Å². The number of nitriles is 1. The van der Waals surface area contributed by atoms with E-state index in [0.29, 0.717) is 31.6 Å². The molecule has 0 bridgehead atoms. The molecule has 0 spiro atoms. The fourth-order valence-corrected chi connectivity index (χ4v) is 1.88. The van der Waals surface area contributed by atoms with E-state index in [2.05, 4.69) is 11.4 Å². The van der Waals surface area contributed by atoms with Gasteiger partial charge in [0.2, 0.25) is 5.91 Å². The highest BCUT2D eigenvalue weighted by Gasteiger charge is 2.08. The summed E-state index contributed by atoms with van der Waals surface area (Å²) >= 11 is 0. The van der Waals surface area contributed by atoms with Crippen molar-refractivity contribution < 1.29 is 14.3 Å². The van der Waals surface area contributed by atoms with Gasteiger partial charge in [0.15, 0.2) is 0 Å². The molecule has 1 aromatic carbocycles. The van der Waals surface area contributed by atoms with E-state index >= 15 is 0 Å². The Bertz CT molecular complexity index is 552. The van der Waals surface area contributed by atoms with Crippen molar-refractivity contribution in [2.45, 2.75) is 26.7 Å². The van der Waals surface area contributed by atoms with Crippen LogP contribution in [0.1, 0.15) is 26.7 Å². The molecule has 0 heterocycles. The summed E-state index contributed by atoms with van der Waals surface area (Å²) in [6.45, 7) is 4.43. The van der Waals surface area contributed by atoms with E-state index in [-0.39, 0.29) is 18.5 Å². The minimum Gasteiger partial charge on any atom is -0.464 e. The predicted molar refractivity (Wildman–Crippen MR) is 84.4 cm³/mol. The highest BCUT2D eigenvalue weighted by Crippen LogP contribution is 2.20. The lowest BCUT2D eigenvalue weighted by molar-refractivity contribution is -0.140. The molecule has 0 saturated heterocycles. The first-order chi connectivity index (χ1) is 10.6. The molecule has 0 aliphatic heterocycles. The smallest absolute Gasteiger partial charge is 0.302 e. The van der Waals surface area contributed by atoms with Gasteiger partial charge in [0.25, 0.3) is 0 Å². The molecule has 6 nitrogen and oxygen atoms in total. The average Bonchev–Trinajstić information content (AvgIpc) is 2.50. The Hall–Kier alpha value is -2.55. The van der Waals surface area contributed by atoms with Crippen LogP contribution in [0.2, 0.25) is 0 Å². The third-order valence-corrected chi connectivity index (χ3v) is 2.98.